The molecule has 4 heteroatoms. The number of hydrogen-bond donors (Lipinski definition) is 1. The minimum Gasteiger partial charge on any atom is -0.465 e. The highest BCUT2D eigenvalue weighted by Crippen LogP contribution is 2.11. The molecule has 0 amide bonds. The number of ether oxygens (including phenoxy) is 1. The van der Waals surface area contributed by atoms with Crippen molar-refractivity contribution in [1.82, 2.24) is 9.97 Å². The largest absolute Gasteiger partial charge is 0.465 e. The Kier molecular flexibility index (Phi) is 4.93. The number of benzene rings is 1. The molecular formula is C16H20N2O2. The van der Waals surface area contributed by atoms with Crippen molar-refractivity contribution in [2.45, 2.75) is 33.1 Å². The summed E-state index contributed by atoms with van der Waals surface area (Å²) in [6, 6.07) is 10.3. The number of unbranched alkanes of at least 4 members (excludes halogenated alkanes) is 1. The van der Waals surface area contributed by atoms with Crippen LogP contribution >= 0.6 is 0 Å². The van der Waals surface area contributed by atoms with Gasteiger partial charge in [0.1, 0.15) is 0 Å². The van der Waals surface area contributed by atoms with Crippen molar-refractivity contribution in [2.24, 2.45) is 0 Å². The quantitative estimate of drug-likeness (QED) is 0.823. The van der Waals surface area contributed by atoms with Gasteiger partial charge in [0.2, 0.25) is 0 Å². The lowest BCUT2D eigenvalue weighted by molar-refractivity contribution is 0.283. The molecule has 20 heavy (non-hydrogen) atoms. The molecule has 106 valence electrons. The third kappa shape index (κ3) is 3.70. The van der Waals surface area contributed by atoms with E-state index in [1.165, 1.54) is 0 Å². The van der Waals surface area contributed by atoms with Gasteiger partial charge in [0.15, 0.2) is 0 Å². The molecule has 0 fully saturated rings. The van der Waals surface area contributed by atoms with Crippen LogP contribution in [0.4, 0.5) is 0 Å². The Morgan fingerprint density at radius 1 is 1.25 bits per heavy atom. The summed E-state index contributed by atoms with van der Waals surface area (Å²) in [5, 5.41) is 0. The molecule has 0 aliphatic rings. The van der Waals surface area contributed by atoms with Crippen molar-refractivity contribution in [3.05, 3.63) is 57.5 Å². The fourth-order valence-electron chi connectivity index (χ4n) is 1.90. The lowest BCUT2D eigenvalue weighted by atomic mass is 10.1. The third-order valence-corrected chi connectivity index (χ3v) is 3.18. The van der Waals surface area contributed by atoms with E-state index >= 15 is 0 Å². The van der Waals surface area contributed by atoms with Crippen molar-refractivity contribution in [3.63, 3.8) is 0 Å². The first-order valence-corrected chi connectivity index (χ1v) is 6.97. The molecule has 0 bridgehead atoms. The summed E-state index contributed by atoms with van der Waals surface area (Å²) in [7, 11) is 0. The van der Waals surface area contributed by atoms with Crippen LogP contribution in [0.1, 0.15) is 36.6 Å². The molecule has 0 aliphatic heterocycles. The van der Waals surface area contributed by atoms with Crippen LogP contribution in [0.5, 0.6) is 6.01 Å². The van der Waals surface area contributed by atoms with Crippen LogP contribution < -0.4 is 10.3 Å². The first kappa shape index (κ1) is 14.3. The number of aromatic nitrogens is 2. The predicted octanol–water partition coefficient (Wildman–Crippen LogP) is 2.85. The van der Waals surface area contributed by atoms with Gasteiger partial charge in [-0.3, -0.25) is 9.78 Å². The number of aromatic amines is 1. The fraction of sp³-hybridized carbons (Fsp3) is 0.375. The summed E-state index contributed by atoms with van der Waals surface area (Å²) in [5.41, 5.74) is 2.42. The number of hydrogen-bond acceptors (Lipinski definition) is 3. The maximum atomic E-state index is 11.9. The number of rotatable bonds is 6. The van der Waals surface area contributed by atoms with Gasteiger partial charge in [-0.05, 0) is 18.9 Å². The maximum absolute atomic E-state index is 11.9. The summed E-state index contributed by atoms with van der Waals surface area (Å²) >= 11 is 0. The van der Waals surface area contributed by atoms with Gasteiger partial charge in [-0.15, -0.1) is 0 Å². The normalized spacial score (nSPS) is 10.5. The van der Waals surface area contributed by atoms with Gasteiger partial charge in [-0.2, -0.15) is 0 Å². The number of H-pyrrole nitrogens is 1. The van der Waals surface area contributed by atoms with E-state index in [9.17, 15) is 4.79 Å². The molecule has 0 saturated heterocycles. The van der Waals surface area contributed by atoms with Gasteiger partial charge in [0.25, 0.3) is 11.6 Å². The molecule has 0 spiro atoms. The molecule has 0 radical (unpaired) electrons. The zero-order valence-corrected chi connectivity index (χ0v) is 12.0. The van der Waals surface area contributed by atoms with Crippen molar-refractivity contribution >= 4 is 0 Å². The Bertz CT molecular complexity index is 606. The van der Waals surface area contributed by atoms with Gasteiger partial charge in [0.05, 0.1) is 12.3 Å². The van der Waals surface area contributed by atoms with Crippen LogP contribution in [0.15, 0.2) is 35.1 Å². The topological polar surface area (TPSA) is 55.0 Å². The van der Waals surface area contributed by atoms with E-state index in [4.69, 9.17) is 4.74 Å². The van der Waals surface area contributed by atoms with E-state index in [0.717, 1.165) is 24.1 Å². The summed E-state index contributed by atoms with van der Waals surface area (Å²) in [4.78, 5) is 19.0. The average molecular weight is 272 g/mol. The van der Waals surface area contributed by atoms with Gasteiger partial charge < -0.3 is 4.74 Å². The predicted molar refractivity (Wildman–Crippen MR) is 79.2 cm³/mol. The van der Waals surface area contributed by atoms with E-state index in [-0.39, 0.29) is 5.56 Å². The molecule has 1 aromatic heterocycles. The molecule has 2 rings (SSSR count). The molecule has 0 saturated carbocycles. The molecule has 1 heterocycles. The van der Waals surface area contributed by atoms with E-state index in [2.05, 4.69) is 16.9 Å². The van der Waals surface area contributed by atoms with E-state index in [1.54, 1.807) is 6.92 Å². The molecule has 0 atom stereocenters. The lowest BCUT2D eigenvalue weighted by Gasteiger charge is -2.08. The highest BCUT2D eigenvalue weighted by molar-refractivity contribution is 5.26. The Hall–Kier alpha value is -2.10. The maximum Gasteiger partial charge on any atom is 0.296 e. The fourth-order valence-corrected chi connectivity index (χ4v) is 1.90. The van der Waals surface area contributed by atoms with Crippen molar-refractivity contribution in [3.8, 4) is 6.01 Å². The van der Waals surface area contributed by atoms with Crippen LogP contribution in [0.3, 0.4) is 0 Å². The lowest BCUT2D eigenvalue weighted by Crippen LogP contribution is -2.17. The van der Waals surface area contributed by atoms with Crippen LogP contribution in [0, 0.1) is 6.92 Å². The monoisotopic (exact) mass is 272 g/mol. The van der Waals surface area contributed by atoms with E-state index in [1.807, 2.05) is 30.3 Å². The Morgan fingerprint density at radius 2 is 2.00 bits per heavy atom. The first-order valence-electron chi connectivity index (χ1n) is 6.97. The second-order valence-corrected chi connectivity index (χ2v) is 4.81. The van der Waals surface area contributed by atoms with Crippen LogP contribution in [0.25, 0.3) is 0 Å². The standard InChI is InChI=1S/C16H20N2O2/c1-3-4-10-20-16-17-14(12(2)15(19)18-16)11-13-8-6-5-7-9-13/h5-9H,3-4,10-11H2,1-2H3,(H,17,18,19). The zero-order valence-electron chi connectivity index (χ0n) is 12.0. The van der Waals surface area contributed by atoms with Gasteiger partial charge in [-0.1, -0.05) is 43.7 Å². The van der Waals surface area contributed by atoms with Crippen LogP contribution in [0.2, 0.25) is 0 Å². The van der Waals surface area contributed by atoms with E-state index in [0.29, 0.717) is 24.6 Å². The van der Waals surface area contributed by atoms with Crippen molar-refractivity contribution < 1.29 is 4.74 Å². The number of nitrogens with zero attached hydrogens (tertiary/aromatic N) is 1. The highest BCUT2D eigenvalue weighted by atomic mass is 16.5. The van der Waals surface area contributed by atoms with Gasteiger partial charge in [0, 0.05) is 12.0 Å². The molecule has 0 aliphatic carbocycles. The molecule has 1 aromatic carbocycles. The average Bonchev–Trinajstić information content (AvgIpc) is 2.45. The van der Waals surface area contributed by atoms with Crippen molar-refractivity contribution in [1.29, 1.82) is 0 Å². The smallest absolute Gasteiger partial charge is 0.296 e. The minimum atomic E-state index is -0.127. The van der Waals surface area contributed by atoms with Crippen molar-refractivity contribution in [2.75, 3.05) is 6.61 Å². The Labute approximate surface area is 118 Å². The van der Waals surface area contributed by atoms with Gasteiger partial charge in [-0.25, -0.2) is 4.98 Å². The summed E-state index contributed by atoms with van der Waals surface area (Å²) in [6.45, 7) is 4.46. The first-order chi connectivity index (χ1) is 9.70. The minimum absolute atomic E-state index is 0.127. The van der Waals surface area contributed by atoms with Crippen LogP contribution in [-0.4, -0.2) is 16.6 Å². The SMILES string of the molecule is CCCCOc1nc(Cc2ccccc2)c(C)c(=O)[nH]1. The summed E-state index contributed by atoms with van der Waals surface area (Å²) in [5.74, 6) is 0. The number of nitrogens with one attached hydrogen (secondary N) is 1. The summed E-state index contributed by atoms with van der Waals surface area (Å²) < 4.78 is 5.49. The molecule has 0 unspecified atom stereocenters. The molecule has 4 nitrogen and oxygen atoms in total. The summed E-state index contributed by atoms with van der Waals surface area (Å²) in [6.07, 6.45) is 2.64. The third-order valence-electron chi connectivity index (χ3n) is 3.18. The van der Waals surface area contributed by atoms with Gasteiger partial charge >= 0.3 is 0 Å². The van der Waals surface area contributed by atoms with Crippen LogP contribution in [-0.2, 0) is 6.42 Å². The Morgan fingerprint density at radius 3 is 2.70 bits per heavy atom. The zero-order chi connectivity index (χ0) is 14.4. The highest BCUT2D eigenvalue weighted by Gasteiger charge is 2.09. The molecule has 2 aromatic rings. The Balaban J connectivity index is 2.21. The molecule has 1 N–H and O–H groups in total. The second-order valence-electron chi connectivity index (χ2n) is 4.81. The second kappa shape index (κ2) is 6.89. The molecular weight excluding hydrogens is 252 g/mol. The van der Waals surface area contributed by atoms with E-state index < -0.39 is 0 Å².